The number of hydrogen-bond acceptors (Lipinski definition) is 4. The minimum absolute atomic E-state index is 0.00156. The Balaban J connectivity index is 1.39. The zero-order valence-electron chi connectivity index (χ0n) is 28.6. The molecule has 0 saturated carbocycles. The van der Waals surface area contributed by atoms with Crippen molar-refractivity contribution in [2.24, 2.45) is 0 Å². The van der Waals surface area contributed by atoms with E-state index in [1.807, 2.05) is 24.3 Å². The quantitative estimate of drug-likeness (QED) is 0.101. The summed E-state index contributed by atoms with van der Waals surface area (Å²) >= 11 is 3.47. The molecule has 10 heteroatoms. The van der Waals surface area contributed by atoms with Gasteiger partial charge in [-0.15, -0.1) is 0 Å². The van der Waals surface area contributed by atoms with Gasteiger partial charge in [-0.05, 0) is 78.2 Å². The van der Waals surface area contributed by atoms with E-state index in [0.29, 0.717) is 39.4 Å². The average Bonchev–Trinajstić information content (AvgIpc) is 3.14. The van der Waals surface area contributed by atoms with Crippen LogP contribution in [0.25, 0.3) is 11.1 Å². The first kappa shape index (κ1) is 38.1. The lowest BCUT2D eigenvalue weighted by Gasteiger charge is -2.30. The lowest BCUT2D eigenvalue weighted by molar-refractivity contribution is -0.139. The van der Waals surface area contributed by atoms with E-state index in [0.717, 1.165) is 49.8 Å². The monoisotopic (exact) mass is 773 g/mol. The van der Waals surface area contributed by atoms with Crippen LogP contribution >= 0.6 is 15.9 Å². The van der Waals surface area contributed by atoms with E-state index < -0.39 is 29.7 Å². The molecule has 52 heavy (non-hydrogen) atoms. The Morgan fingerprint density at radius 2 is 1.46 bits per heavy atom. The van der Waals surface area contributed by atoms with E-state index >= 15 is 0 Å². The third-order valence-corrected chi connectivity index (χ3v) is 9.01. The fourth-order valence-electron chi connectivity index (χ4n) is 5.81. The average molecular weight is 775 g/mol. The van der Waals surface area contributed by atoms with Crippen LogP contribution in [0.5, 0.6) is 17.2 Å². The number of carboxylic acids is 1. The van der Waals surface area contributed by atoms with Gasteiger partial charge < -0.3 is 14.6 Å². The number of anilines is 1. The lowest BCUT2D eigenvalue weighted by Crippen LogP contribution is -2.47. The number of carbonyl (C=O) groups is 2. The second kappa shape index (κ2) is 17.9. The maximum absolute atomic E-state index is 14.4. The summed E-state index contributed by atoms with van der Waals surface area (Å²) in [5.74, 6) is -0.614. The summed E-state index contributed by atoms with van der Waals surface area (Å²) in [5.41, 5.74) is 2.02. The Labute approximate surface area is 310 Å². The van der Waals surface area contributed by atoms with Crippen molar-refractivity contribution in [3.8, 4) is 28.4 Å². The number of carbonyl (C=O) groups excluding carboxylic acids is 1. The van der Waals surface area contributed by atoms with Crippen LogP contribution in [-0.4, -0.2) is 29.6 Å². The number of benzene rings is 5. The Hall–Kier alpha value is -5.09. The first-order valence-electron chi connectivity index (χ1n) is 17.1. The van der Waals surface area contributed by atoms with Gasteiger partial charge in [0, 0.05) is 22.1 Å². The molecule has 5 aromatic carbocycles. The molecular formula is C42H39BrF3NO5. The molecule has 1 N–H and O–H groups in total. The fraction of sp³-hybridized carbons (Fsp3) is 0.238. The molecule has 0 fully saturated rings. The maximum atomic E-state index is 14.4. The third kappa shape index (κ3) is 10.0. The molecule has 0 aromatic heterocycles. The van der Waals surface area contributed by atoms with Crippen molar-refractivity contribution in [2.75, 3.05) is 11.5 Å². The van der Waals surface area contributed by atoms with Crippen LogP contribution < -0.4 is 14.4 Å². The van der Waals surface area contributed by atoms with Gasteiger partial charge in [-0.25, -0.2) is 4.79 Å². The summed E-state index contributed by atoms with van der Waals surface area (Å²) in [4.78, 5) is 28.7. The molecule has 0 spiro atoms. The molecule has 5 aromatic rings. The number of halogens is 4. The SMILES string of the molecule is CCCCCCCOc1ccc(Br)cc1C(=O)N(c1ccccc1)[C@@H](Cc1ccc(-c2ccccc2Oc2ccc(C(F)(F)F)cc2)cc1)C(=O)O. The van der Waals surface area contributed by atoms with Gasteiger partial charge in [0.25, 0.3) is 5.91 Å². The van der Waals surface area contributed by atoms with Gasteiger partial charge >= 0.3 is 12.1 Å². The summed E-state index contributed by atoms with van der Waals surface area (Å²) in [6.07, 6.45) is 0.800. The van der Waals surface area contributed by atoms with E-state index in [1.165, 1.54) is 17.0 Å². The molecule has 270 valence electrons. The maximum Gasteiger partial charge on any atom is 0.416 e. The number of rotatable bonds is 16. The van der Waals surface area contributed by atoms with Gasteiger partial charge in [0.05, 0.1) is 17.7 Å². The van der Waals surface area contributed by atoms with Gasteiger partial charge in [0.2, 0.25) is 0 Å². The number of hydrogen-bond donors (Lipinski definition) is 1. The van der Waals surface area contributed by atoms with Crippen LogP contribution in [0.2, 0.25) is 0 Å². The standard InChI is InChI=1S/C42H39BrF3NO5/c1-2-3-4-5-11-26-51-38-25-22-32(43)28-36(38)40(48)47(33-12-7-6-8-13-33)37(41(49)50)27-29-16-18-30(19-17-29)35-14-9-10-15-39(35)52-34-23-20-31(21-24-34)42(44,45)46/h6-10,12-25,28,37H,2-5,11,26-27H2,1H3,(H,49,50)/t37-/m0/s1. The van der Waals surface area contributed by atoms with Crippen molar-refractivity contribution < 1.29 is 37.3 Å². The van der Waals surface area contributed by atoms with Crippen LogP contribution in [-0.2, 0) is 17.4 Å². The van der Waals surface area contributed by atoms with Gasteiger partial charge in [0.1, 0.15) is 23.3 Å². The number of carboxylic acid groups (broad SMARTS) is 1. The normalized spacial score (nSPS) is 11.9. The summed E-state index contributed by atoms with van der Waals surface area (Å²) in [6.45, 7) is 2.59. The molecule has 5 rings (SSSR count). The van der Waals surface area contributed by atoms with Crippen LogP contribution in [0.15, 0.2) is 126 Å². The van der Waals surface area contributed by atoms with Crippen molar-refractivity contribution >= 4 is 33.5 Å². The Kier molecular flexibility index (Phi) is 13.1. The molecule has 0 radical (unpaired) electrons. The lowest BCUT2D eigenvalue weighted by atomic mass is 9.98. The van der Waals surface area contributed by atoms with E-state index in [1.54, 1.807) is 72.8 Å². The van der Waals surface area contributed by atoms with E-state index in [4.69, 9.17) is 9.47 Å². The van der Waals surface area contributed by atoms with Crippen molar-refractivity contribution in [1.82, 2.24) is 0 Å². The second-order valence-electron chi connectivity index (χ2n) is 12.3. The number of alkyl halides is 3. The topological polar surface area (TPSA) is 76.1 Å². The second-order valence-corrected chi connectivity index (χ2v) is 13.2. The molecular weight excluding hydrogens is 735 g/mol. The smallest absolute Gasteiger partial charge is 0.416 e. The van der Waals surface area contributed by atoms with Crippen LogP contribution in [0.4, 0.5) is 18.9 Å². The summed E-state index contributed by atoms with van der Waals surface area (Å²) < 4.78 is 51.9. The molecule has 6 nitrogen and oxygen atoms in total. The molecule has 0 saturated heterocycles. The highest BCUT2D eigenvalue weighted by Gasteiger charge is 2.34. The molecule has 1 atom stereocenters. The van der Waals surface area contributed by atoms with Crippen molar-refractivity contribution in [3.05, 3.63) is 142 Å². The van der Waals surface area contributed by atoms with E-state index in [2.05, 4.69) is 22.9 Å². The Morgan fingerprint density at radius 1 is 0.788 bits per heavy atom. The van der Waals surface area contributed by atoms with Gasteiger partial charge in [-0.2, -0.15) is 13.2 Å². The van der Waals surface area contributed by atoms with Gasteiger partial charge in [0.15, 0.2) is 0 Å². The van der Waals surface area contributed by atoms with E-state index in [9.17, 15) is 27.9 Å². The Morgan fingerprint density at radius 3 is 2.13 bits per heavy atom. The Bertz CT molecular complexity index is 1930. The number of unbranched alkanes of at least 4 members (excludes halogenated alkanes) is 4. The largest absolute Gasteiger partial charge is 0.493 e. The molecule has 0 aliphatic heterocycles. The summed E-state index contributed by atoms with van der Waals surface area (Å²) in [7, 11) is 0. The van der Waals surface area contributed by atoms with Crippen LogP contribution in [0, 0.1) is 0 Å². The van der Waals surface area contributed by atoms with Gasteiger partial charge in [-0.3, -0.25) is 9.69 Å². The van der Waals surface area contributed by atoms with E-state index in [-0.39, 0.29) is 17.7 Å². The zero-order chi connectivity index (χ0) is 37.1. The van der Waals surface area contributed by atoms with Crippen molar-refractivity contribution in [1.29, 1.82) is 0 Å². The molecule has 0 aliphatic rings. The van der Waals surface area contributed by atoms with Crippen molar-refractivity contribution in [2.45, 2.75) is 57.7 Å². The predicted octanol–water partition coefficient (Wildman–Crippen LogP) is 11.6. The first-order valence-corrected chi connectivity index (χ1v) is 17.9. The zero-order valence-corrected chi connectivity index (χ0v) is 30.2. The molecule has 0 unspecified atom stereocenters. The molecule has 0 aliphatic carbocycles. The first-order chi connectivity index (χ1) is 25.0. The number of aliphatic carboxylic acids is 1. The minimum Gasteiger partial charge on any atom is -0.493 e. The highest BCUT2D eigenvalue weighted by atomic mass is 79.9. The molecule has 0 bridgehead atoms. The molecule has 0 heterocycles. The minimum atomic E-state index is -4.45. The number of para-hydroxylation sites is 2. The number of nitrogens with zero attached hydrogens (tertiary/aromatic N) is 1. The highest BCUT2D eigenvalue weighted by molar-refractivity contribution is 9.10. The number of ether oxygens (including phenoxy) is 2. The van der Waals surface area contributed by atoms with Crippen LogP contribution in [0.1, 0.15) is 60.5 Å². The third-order valence-electron chi connectivity index (χ3n) is 8.52. The number of amides is 1. The van der Waals surface area contributed by atoms with Crippen molar-refractivity contribution in [3.63, 3.8) is 0 Å². The molecule has 1 amide bonds. The highest BCUT2D eigenvalue weighted by Crippen LogP contribution is 2.36. The fourth-order valence-corrected chi connectivity index (χ4v) is 6.17. The predicted molar refractivity (Wildman–Crippen MR) is 200 cm³/mol. The van der Waals surface area contributed by atoms with Gasteiger partial charge in [-0.1, -0.05) is 109 Å². The van der Waals surface area contributed by atoms with Crippen LogP contribution in [0.3, 0.4) is 0 Å². The summed E-state index contributed by atoms with van der Waals surface area (Å²) in [6, 6.07) is 31.4. The summed E-state index contributed by atoms with van der Waals surface area (Å²) in [5, 5.41) is 10.6.